The Morgan fingerprint density at radius 3 is 2.26 bits per heavy atom. The van der Waals surface area contributed by atoms with E-state index in [1.165, 1.54) is 43.2 Å². The van der Waals surface area contributed by atoms with Crippen LogP contribution in [0.5, 0.6) is 0 Å². The third-order valence-corrected chi connectivity index (χ3v) is 5.71. The molecule has 1 saturated heterocycles. The predicted molar refractivity (Wildman–Crippen MR) is 92.8 cm³/mol. The van der Waals surface area contributed by atoms with Gasteiger partial charge in [0.15, 0.2) is 0 Å². The Kier molecular flexibility index (Phi) is 5.71. The molecule has 2 fully saturated rings. The Morgan fingerprint density at radius 2 is 1.65 bits per heavy atom. The largest absolute Gasteiger partial charge is 0.481 e. The third kappa shape index (κ3) is 4.57. The number of rotatable bonds is 5. The van der Waals surface area contributed by atoms with Crippen LogP contribution in [0.4, 0.5) is 0 Å². The number of hydrogen-bond acceptors (Lipinski definition) is 2. The van der Waals surface area contributed by atoms with Crippen molar-refractivity contribution in [2.75, 3.05) is 19.6 Å². The molecule has 2 aliphatic rings. The summed E-state index contributed by atoms with van der Waals surface area (Å²) in [6.07, 6.45) is 9.58. The summed E-state index contributed by atoms with van der Waals surface area (Å²) in [6, 6.07) is 9.27. The first-order valence-electron chi connectivity index (χ1n) is 9.26. The van der Waals surface area contributed by atoms with Gasteiger partial charge >= 0.3 is 5.97 Å². The Labute approximate surface area is 139 Å². The van der Waals surface area contributed by atoms with Gasteiger partial charge in [-0.3, -0.25) is 4.79 Å². The molecule has 1 aliphatic carbocycles. The van der Waals surface area contributed by atoms with E-state index in [0.717, 1.165) is 44.8 Å². The molecular weight excluding hydrogens is 286 g/mol. The van der Waals surface area contributed by atoms with Crippen LogP contribution in [-0.4, -0.2) is 35.6 Å². The van der Waals surface area contributed by atoms with E-state index in [-0.39, 0.29) is 5.92 Å². The fourth-order valence-corrected chi connectivity index (χ4v) is 4.08. The van der Waals surface area contributed by atoms with Crippen LogP contribution < -0.4 is 0 Å². The van der Waals surface area contributed by atoms with Crippen molar-refractivity contribution in [1.82, 2.24) is 4.90 Å². The van der Waals surface area contributed by atoms with Gasteiger partial charge in [-0.1, -0.05) is 43.5 Å². The molecule has 0 atom stereocenters. The number of carboxylic acids is 1. The molecule has 1 aliphatic heterocycles. The van der Waals surface area contributed by atoms with Gasteiger partial charge in [0.2, 0.25) is 0 Å². The van der Waals surface area contributed by atoms with Gasteiger partial charge < -0.3 is 10.0 Å². The highest BCUT2D eigenvalue weighted by Crippen LogP contribution is 2.32. The van der Waals surface area contributed by atoms with Gasteiger partial charge in [0, 0.05) is 6.54 Å². The Morgan fingerprint density at radius 1 is 1.00 bits per heavy atom. The second kappa shape index (κ2) is 7.96. The van der Waals surface area contributed by atoms with Gasteiger partial charge in [-0.2, -0.15) is 0 Å². The van der Waals surface area contributed by atoms with Crippen molar-refractivity contribution < 1.29 is 9.90 Å². The molecule has 0 unspecified atom stereocenters. The maximum absolute atomic E-state index is 11.0. The minimum atomic E-state index is -0.622. The normalized spacial score (nSPS) is 21.4. The molecule has 3 nitrogen and oxygen atoms in total. The standard InChI is InChI=1S/C20H29NO2/c22-20(23)19-11-14-21(15-12-19)13-10-16-6-8-18(9-7-16)17-4-2-1-3-5-17/h6-9,17,19H,1-5,10-15H2,(H,22,23). The van der Waals surface area contributed by atoms with Crippen molar-refractivity contribution in [3.63, 3.8) is 0 Å². The minimum Gasteiger partial charge on any atom is -0.481 e. The molecule has 126 valence electrons. The SMILES string of the molecule is O=C(O)C1CCN(CCc2ccc(C3CCCCC3)cc2)CC1. The zero-order valence-corrected chi connectivity index (χ0v) is 14.0. The molecule has 0 spiro atoms. The van der Waals surface area contributed by atoms with Crippen LogP contribution in [0, 0.1) is 5.92 Å². The van der Waals surface area contributed by atoms with Crippen molar-refractivity contribution in [3.05, 3.63) is 35.4 Å². The van der Waals surface area contributed by atoms with Gasteiger partial charge in [0.1, 0.15) is 0 Å². The molecule has 1 N–H and O–H groups in total. The lowest BCUT2D eigenvalue weighted by molar-refractivity contribution is -0.143. The van der Waals surface area contributed by atoms with Crippen LogP contribution in [0.1, 0.15) is 62.0 Å². The predicted octanol–water partition coefficient (Wildman–Crippen LogP) is 4.07. The Balaban J connectivity index is 1.45. The first-order valence-corrected chi connectivity index (χ1v) is 9.26. The fraction of sp³-hybridized carbons (Fsp3) is 0.650. The topological polar surface area (TPSA) is 40.5 Å². The molecular formula is C20H29NO2. The quantitative estimate of drug-likeness (QED) is 0.890. The molecule has 1 saturated carbocycles. The highest BCUT2D eigenvalue weighted by Gasteiger charge is 2.24. The van der Waals surface area contributed by atoms with E-state index in [1.54, 1.807) is 0 Å². The first kappa shape index (κ1) is 16.5. The number of hydrogen-bond donors (Lipinski definition) is 1. The van der Waals surface area contributed by atoms with Crippen LogP contribution in [0.15, 0.2) is 24.3 Å². The second-order valence-electron chi connectivity index (χ2n) is 7.28. The molecule has 0 bridgehead atoms. The average Bonchev–Trinajstić information content (AvgIpc) is 2.61. The third-order valence-electron chi connectivity index (χ3n) is 5.71. The van der Waals surface area contributed by atoms with E-state index in [4.69, 9.17) is 5.11 Å². The van der Waals surface area contributed by atoms with Crippen LogP contribution in [-0.2, 0) is 11.2 Å². The van der Waals surface area contributed by atoms with E-state index in [0.29, 0.717) is 0 Å². The lowest BCUT2D eigenvalue weighted by Gasteiger charge is -2.30. The number of nitrogens with zero attached hydrogens (tertiary/aromatic N) is 1. The number of carboxylic acid groups (broad SMARTS) is 1. The zero-order chi connectivity index (χ0) is 16.1. The maximum atomic E-state index is 11.0. The second-order valence-corrected chi connectivity index (χ2v) is 7.28. The summed E-state index contributed by atoms with van der Waals surface area (Å²) in [5, 5.41) is 9.05. The lowest BCUT2D eigenvalue weighted by atomic mass is 9.84. The molecule has 3 rings (SSSR count). The minimum absolute atomic E-state index is 0.124. The Bertz CT molecular complexity index is 497. The number of likely N-dealkylation sites (tertiary alicyclic amines) is 1. The molecule has 0 amide bonds. The number of carbonyl (C=O) groups is 1. The van der Waals surface area contributed by atoms with Crippen LogP contribution >= 0.6 is 0 Å². The van der Waals surface area contributed by atoms with Crippen molar-refractivity contribution in [2.45, 2.75) is 57.3 Å². The molecule has 23 heavy (non-hydrogen) atoms. The fourth-order valence-electron chi connectivity index (χ4n) is 4.08. The van der Waals surface area contributed by atoms with E-state index in [1.807, 2.05) is 0 Å². The van der Waals surface area contributed by atoms with E-state index in [2.05, 4.69) is 29.2 Å². The molecule has 1 aromatic carbocycles. The van der Waals surface area contributed by atoms with Crippen LogP contribution in [0.3, 0.4) is 0 Å². The summed E-state index contributed by atoms with van der Waals surface area (Å²) in [6.45, 7) is 2.91. The van der Waals surface area contributed by atoms with Gasteiger partial charge in [0.25, 0.3) is 0 Å². The summed E-state index contributed by atoms with van der Waals surface area (Å²) >= 11 is 0. The lowest BCUT2D eigenvalue weighted by Crippen LogP contribution is -2.37. The van der Waals surface area contributed by atoms with Crippen molar-refractivity contribution in [2.24, 2.45) is 5.92 Å². The number of aliphatic carboxylic acids is 1. The Hall–Kier alpha value is -1.35. The first-order chi connectivity index (χ1) is 11.2. The smallest absolute Gasteiger partial charge is 0.306 e. The van der Waals surface area contributed by atoms with E-state index >= 15 is 0 Å². The zero-order valence-electron chi connectivity index (χ0n) is 14.0. The summed E-state index contributed by atoms with van der Waals surface area (Å²) in [5.74, 6) is 0.0387. The maximum Gasteiger partial charge on any atom is 0.306 e. The molecule has 0 aromatic heterocycles. The van der Waals surface area contributed by atoms with E-state index in [9.17, 15) is 4.79 Å². The highest BCUT2D eigenvalue weighted by molar-refractivity contribution is 5.70. The number of benzene rings is 1. The highest BCUT2D eigenvalue weighted by atomic mass is 16.4. The van der Waals surface area contributed by atoms with Gasteiger partial charge in [-0.25, -0.2) is 0 Å². The number of piperidine rings is 1. The summed E-state index contributed by atoms with van der Waals surface area (Å²) in [4.78, 5) is 13.4. The molecule has 1 heterocycles. The van der Waals surface area contributed by atoms with Crippen LogP contribution in [0.2, 0.25) is 0 Å². The van der Waals surface area contributed by atoms with Gasteiger partial charge in [-0.05, 0) is 62.2 Å². The monoisotopic (exact) mass is 315 g/mol. The average molecular weight is 315 g/mol. The van der Waals surface area contributed by atoms with Crippen molar-refractivity contribution in [1.29, 1.82) is 0 Å². The van der Waals surface area contributed by atoms with Gasteiger partial charge in [0.05, 0.1) is 5.92 Å². The molecule has 3 heteroatoms. The summed E-state index contributed by atoms with van der Waals surface area (Å²) in [7, 11) is 0. The van der Waals surface area contributed by atoms with Gasteiger partial charge in [-0.15, -0.1) is 0 Å². The summed E-state index contributed by atoms with van der Waals surface area (Å²) in [5.41, 5.74) is 2.93. The van der Waals surface area contributed by atoms with Crippen LogP contribution in [0.25, 0.3) is 0 Å². The van der Waals surface area contributed by atoms with E-state index < -0.39 is 5.97 Å². The van der Waals surface area contributed by atoms with Crippen molar-refractivity contribution in [3.8, 4) is 0 Å². The molecule has 0 radical (unpaired) electrons. The molecule has 1 aromatic rings. The summed E-state index contributed by atoms with van der Waals surface area (Å²) < 4.78 is 0. The van der Waals surface area contributed by atoms with Crippen molar-refractivity contribution >= 4 is 5.97 Å².